The van der Waals surface area contributed by atoms with Gasteiger partial charge in [-0.15, -0.1) is 0 Å². The fourth-order valence-corrected chi connectivity index (χ4v) is 8.45. The summed E-state index contributed by atoms with van der Waals surface area (Å²) in [6.07, 6.45) is 1.70. The standard InChI is InChI=1S/C46H33NO6P2.2C2H6/c1-5-22-37-33(14-1)18-9-26-42(37)49-54(50-43-27-10-19-34-15-2-6-23-38(34)43)48-32-41-46(30-13-31-47-41)53-55(51-44-28-11-20-35-16-3-7-24-39(35)44)52-45-29-12-21-36-17-4-8-25-40(36)45;2*1-2/h1-31H,32H2;2*1-2H3. The third-order valence-corrected chi connectivity index (χ3v) is 11.1. The molecule has 0 aliphatic carbocycles. The lowest BCUT2D eigenvalue weighted by molar-refractivity contribution is 0.251. The highest BCUT2D eigenvalue weighted by Crippen LogP contribution is 2.49. The third-order valence-electron chi connectivity index (χ3n) is 9.02. The lowest BCUT2D eigenvalue weighted by Gasteiger charge is -2.22. The SMILES string of the molecule is CC.CC.c1cnc(COP(Oc2cccc3ccccc23)Oc2cccc3ccccc23)c(OP(Oc2cccc3ccccc23)Oc2cccc3ccccc23)c1. The zero-order chi connectivity index (χ0) is 40.8. The normalized spacial score (nSPS) is 10.8. The van der Waals surface area contributed by atoms with Crippen molar-refractivity contribution in [3.63, 3.8) is 0 Å². The van der Waals surface area contributed by atoms with E-state index in [1.165, 1.54) is 0 Å². The minimum atomic E-state index is -2.05. The average molecular weight is 818 g/mol. The summed E-state index contributed by atoms with van der Waals surface area (Å²) < 4.78 is 39.5. The molecule has 0 unspecified atom stereocenters. The first-order chi connectivity index (χ1) is 29.2. The topological polar surface area (TPSA) is 68.3 Å². The summed E-state index contributed by atoms with van der Waals surface area (Å²) in [5.41, 5.74) is 0.522. The Labute approximate surface area is 348 Å². The summed E-state index contributed by atoms with van der Waals surface area (Å²) in [7, 11) is -4.04. The number of benzene rings is 8. The molecule has 9 heteroatoms. The van der Waals surface area contributed by atoms with E-state index in [0.717, 1.165) is 43.1 Å². The second kappa shape index (κ2) is 20.5. The van der Waals surface area contributed by atoms with Crippen LogP contribution in [-0.2, 0) is 11.1 Å². The van der Waals surface area contributed by atoms with Gasteiger partial charge in [-0.25, -0.2) is 0 Å². The molecule has 0 spiro atoms. The molecule has 59 heavy (non-hydrogen) atoms. The Morgan fingerprint density at radius 1 is 0.339 bits per heavy atom. The first kappa shape index (κ1) is 40.9. The summed E-state index contributed by atoms with van der Waals surface area (Å²) >= 11 is 0. The van der Waals surface area contributed by atoms with Crippen LogP contribution >= 0.6 is 17.2 Å². The molecule has 0 saturated heterocycles. The fourth-order valence-electron chi connectivity index (χ4n) is 6.36. The first-order valence-electron chi connectivity index (χ1n) is 19.7. The maximum Gasteiger partial charge on any atom is 0.530 e. The molecule has 0 N–H and O–H groups in total. The average Bonchev–Trinajstić information content (AvgIpc) is 3.30. The monoisotopic (exact) mass is 817 g/mol. The highest BCUT2D eigenvalue weighted by atomic mass is 31.2. The van der Waals surface area contributed by atoms with E-state index in [-0.39, 0.29) is 6.61 Å². The minimum absolute atomic E-state index is 0.0170. The molecule has 0 saturated carbocycles. The van der Waals surface area contributed by atoms with Crippen molar-refractivity contribution in [2.75, 3.05) is 0 Å². The molecule has 7 nitrogen and oxygen atoms in total. The highest BCUT2D eigenvalue weighted by Gasteiger charge is 2.26. The third kappa shape index (κ3) is 9.91. The van der Waals surface area contributed by atoms with Crippen LogP contribution in [0.15, 0.2) is 188 Å². The van der Waals surface area contributed by atoms with E-state index in [1.54, 1.807) is 6.20 Å². The fraction of sp³-hybridized carbons (Fsp3) is 0.100. The summed E-state index contributed by atoms with van der Waals surface area (Å²) in [6, 6.07) is 59.6. The molecule has 9 aromatic rings. The summed E-state index contributed by atoms with van der Waals surface area (Å²) in [5.74, 6) is 3.03. The summed E-state index contributed by atoms with van der Waals surface area (Å²) in [5, 5.41) is 7.97. The number of hydrogen-bond donors (Lipinski definition) is 0. The van der Waals surface area contributed by atoms with Crippen LogP contribution in [0.25, 0.3) is 43.1 Å². The van der Waals surface area contributed by atoms with E-state index < -0.39 is 17.2 Å². The van der Waals surface area contributed by atoms with E-state index in [9.17, 15) is 0 Å². The van der Waals surface area contributed by atoms with Gasteiger partial charge in [-0.2, -0.15) is 0 Å². The molecule has 9 rings (SSSR count). The van der Waals surface area contributed by atoms with E-state index in [2.05, 4.69) is 4.98 Å². The van der Waals surface area contributed by atoms with Gasteiger partial charge in [0.1, 0.15) is 35.3 Å². The van der Waals surface area contributed by atoms with Gasteiger partial charge in [0.25, 0.3) is 0 Å². The van der Waals surface area contributed by atoms with Gasteiger partial charge in [-0.05, 0) is 57.9 Å². The van der Waals surface area contributed by atoms with E-state index in [0.29, 0.717) is 34.4 Å². The predicted octanol–water partition coefficient (Wildman–Crippen LogP) is 15.4. The molecule has 0 atom stereocenters. The summed E-state index contributed by atoms with van der Waals surface area (Å²) in [4.78, 5) is 4.68. The second-order valence-electron chi connectivity index (χ2n) is 12.5. The Morgan fingerprint density at radius 2 is 0.644 bits per heavy atom. The van der Waals surface area contributed by atoms with Gasteiger partial charge in [0.2, 0.25) is 0 Å². The van der Waals surface area contributed by atoms with Crippen molar-refractivity contribution in [1.29, 1.82) is 0 Å². The zero-order valence-electron chi connectivity index (χ0n) is 33.4. The van der Waals surface area contributed by atoms with Crippen LogP contribution in [0.3, 0.4) is 0 Å². The van der Waals surface area contributed by atoms with Crippen molar-refractivity contribution in [2.45, 2.75) is 34.3 Å². The molecule has 0 amide bonds. The van der Waals surface area contributed by atoms with Crippen LogP contribution in [0.4, 0.5) is 0 Å². The molecule has 0 aliphatic rings. The van der Waals surface area contributed by atoms with E-state index in [4.69, 9.17) is 27.1 Å². The zero-order valence-corrected chi connectivity index (χ0v) is 35.2. The Balaban J connectivity index is 0.00000128. The Morgan fingerprint density at radius 3 is 1.03 bits per heavy atom. The molecular weight excluding hydrogens is 772 g/mol. The van der Waals surface area contributed by atoms with Crippen LogP contribution < -0.4 is 22.6 Å². The largest absolute Gasteiger partial charge is 0.530 e. The van der Waals surface area contributed by atoms with Gasteiger partial charge in [0.05, 0.1) is 0 Å². The van der Waals surface area contributed by atoms with Crippen LogP contribution in [0.2, 0.25) is 0 Å². The minimum Gasteiger partial charge on any atom is -0.417 e. The van der Waals surface area contributed by atoms with E-state index >= 15 is 0 Å². The lowest BCUT2D eigenvalue weighted by Crippen LogP contribution is -2.07. The molecule has 8 aromatic carbocycles. The second-order valence-corrected chi connectivity index (χ2v) is 14.6. The van der Waals surface area contributed by atoms with Gasteiger partial charge in [-0.3, -0.25) is 9.51 Å². The number of nitrogens with zero attached hydrogens (tertiary/aromatic N) is 1. The lowest BCUT2D eigenvalue weighted by atomic mass is 10.1. The summed E-state index contributed by atoms with van der Waals surface area (Å²) in [6.45, 7) is 8.02. The molecule has 0 fully saturated rings. The van der Waals surface area contributed by atoms with Gasteiger partial charge < -0.3 is 22.6 Å². The van der Waals surface area contributed by atoms with Crippen molar-refractivity contribution in [3.05, 3.63) is 194 Å². The van der Waals surface area contributed by atoms with Gasteiger partial charge in [0, 0.05) is 27.7 Å². The van der Waals surface area contributed by atoms with Crippen molar-refractivity contribution in [2.24, 2.45) is 0 Å². The van der Waals surface area contributed by atoms with Crippen LogP contribution in [0.5, 0.6) is 28.7 Å². The molecule has 0 radical (unpaired) electrons. The molecule has 1 heterocycles. The molecule has 0 bridgehead atoms. The van der Waals surface area contributed by atoms with Crippen LogP contribution in [0.1, 0.15) is 33.4 Å². The van der Waals surface area contributed by atoms with Crippen molar-refractivity contribution >= 4 is 60.3 Å². The van der Waals surface area contributed by atoms with Crippen molar-refractivity contribution in [3.8, 4) is 28.7 Å². The maximum atomic E-state index is 6.64. The van der Waals surface area contributed by atoms with E-state index in [1.807, 2.05) is 210 Å². The quantitative estimate of drug-likeness (QED) is 0.107. The maximum absolute atomic E-state index is 6.64. The molecular formula is C50H45NO6P2. The van der Waals surface area contributed by atoms with Gasteiger partial charge in [0.15, 0.2) is 5.75 Å². The van der Waals surface area contributed by atoms with Gasteiger partial charge >= 0.3 is 17.2 Å². The number of rotatable bonds is 13. The Bertz CT molecular complexity index is 2580. The highest BCUT2D eigenvalue weighted by molar-refractivity contribution is 7.43. The molecule has 1 aromatic heterocycles. The number of hydrogen-bond acceptors (Lipinski definition) is 7. The first-order valence-corrected chi connectivity index (χ1v) is 21.9. The van der Waals surface area contributed by atoms with Crippen LogP contribution in [-0.4, -0.2) is 4.98 Å². The smallest absolute Gasteiger partial charge is 0.417 e. The molecule has 0 aliphatic heterocycles. The van der Waals surface area contributed by atoms with Crippen molar-refractivity contribution < 1.29 is 27.1 Å². The Hall–Kier alpha value is -6.23. The number of aromatic nitrogens is 1. The number of pyridine rings is 1. The Kier molecular flexibility index (Phi) is 14.2. The van der Waals surface area contributed by atoms with Crippen LogP contribution in [0, 0.1) is 0 Å². The molecule has 296 valence electrons. The predicted molar refractivity (Wildman–Crippen MR) is 244 cm³/mol. The van der Waals surface area contributed by atoms with Gasteiger partial charge in [-0.1, -0.05) is 173 Å². The number of fused-ring (bicyclic) bond motifs is 4. The van der Waals surface area contributed by atoms with Crippen molar-refractivity contribution in [1.82, 2.24) is 4.98 Å².